The second-order valence-corrected chi connectivity index (χ2v) is 7.38. The molecule has 3 atom stereocenters. The summed E-state index contributed by atoms with van der Waals surface area (Å²) in [5.74, 6) is -0.284. The van der Waals surface area contributed by atoms with Gasteiger partial charge in [0, 0.05) is 30.7 Å². The quantitative estimate of drug-likeness (QED) is 0.797. The molecular formula is C18H22ClFN4O2. The lowest BCUT2D eigenvalue weighted by molar-refractivity contribution is -0.169. The average Bonchev–Trinajstić information content (AvgIpc) is 3.28. The van der Waals surface area contributed by atoms with Crippen molar-refractivity contribution in [2.45, 2.75) is 43.9 Å². The zero-order valence-electron chi connectivity index (χ0n) is 14.6. The van der Waals surface area contributed by atoms with Gasteiger partial charge in [0.05, 0.1) is 5.69 Å². The van der Waals surface area contributed by atoms with E-state index in [2.05, 4.69) is 10.1 Å². The van der Waals surface area contributed by atoms with Crippen LogP contribution >= 0.6 is 11.6 Å². The molecule has 2 aliphatic heterocycles. The lowest BCUT2D eigenvalue weighted by atomic mass is 9.72. The Balaban J connectivity index is 1.63. The van der Waals surface area contributed by atoms with Crippen molar-refractivity contribution >= 4 is 29.8 Å². The van der Waals surface area contributed by atoms with Crippen molar-refractivity contribution in [1.82, 2.24) is 5.01 Å². The molecule has 26 heavy (non-hydrogen) atoms. The summed E-state index contributed by atoms with van der Waals surface area (Å²) in [4.78, 5) is 10.2. The number of aliphatic imine (C=N–C) groups is 1. The molecule has 0 saturated heterocycles. The van der Waals surface area contributed by atoms with Gasteiger partial charge < -0.3 is 9.57 Å². The molecule has 140 valence electrons. The summed E-state index contributed by atoms with van der Waals surface area (Å²) in [6, 6.07) is 4.63. The minimum Gasteiger partial charge on any atom is -0.389 e. The Bertz CT molecular complexity index is 721. The number of oxime groups is 1. The van der Waals surface area contributed by atoms with Crippen LogP contribution in [-0.4, -0.2) is 43.2 Å². The number of benzene rings is 1. The standard InChI is InChI=1S/C18H22ClFN4O2/c1-25-17(14-4-2-3-7-18(14)8-9-22-26-18)24-12-21-11-23(24)16-6-5-13(19)10-15(16)20/h5-6,9-11,14,17H,2-4,7-8,12H2,1H3. The summed E-state index contributed by atoms with van der Waals surface area (Å²) in [5, 5.41) is 8.04. The SMILES string of the molecule is COC(C1CCCCC12CC=NO2)N1CN=CN1c1ccc(Cl)cc1F. The minimum atomic E-state index is -0.399. The number of halogens is 2. The van der Waals surface area contributed by atoms with Crippen LogP contribution in [0, 0.1) is 11.7 Å². The highest BCUT2D eigenvalue weighted by Crippen LogP contribution is 2.45. The summed E-state index contributed by atoms with van der Waals surface area (Å²) in [6.45, 7) is 0.397. The molecular weight excluding hydrogens is 359 g/mol. The van der Waals surface area contributed by atoms with E-state index in [0.29, 0.717) is 17.4 Å². The highest BCUT2D eigenvalue weighted by Gasteiger charge is 2.51. The van der Waals surface area contributed by atoms with Gasteiger partial charge in [0.1, 0.15) is 30.7 Å². The molecule has 2 heterocycles. The molecule has 1 aliphatic carbocycles. The lowest BCUT2D eigenvalue weighted by Crippen LogP contribution is -2.56. The summed E-state index contributed by atoms with van der Waals surface area (Å²) >= 11 is 5.89. The molecule has 1 saturated carbocycles. The van der Waals surface area contributed by atoms with Crippen LogP contribution in [0.2, 0.25) is 5.02 Å². The zero-order chi connectivity index (χ0) is 18.1. The molecule has 1 spiro atoms. The largest absolute Gasteiger partial charge is 0.389 e. The Labute approximate surface area is 157 Å². The predicted octanol–water partition coefficient (Wildman–Crippen LogP) is 3.81. The van der Waals surface area contributed by atoms with E-state index in [1.807, 2.05) is 11.2 Å². The fourth-order valence-electron chi connectivity index (χ4n) is 4.27. The number of methoxy groups -OCH3 is 1. The molecule has 1 aromatic rings. The van der Waals surface area contributed by atoms with Crippen molar-refractivity contribution in [3.63, 3.8) is 0 Å². The molecule has 1 fully saturated rings. The Kier molecular flexibility index (Phi) is 4.86. The number of hydrazine groups is 1. The molecule has 0 bridgehead atoms. The van der Waals surface area contributed by atoms with E-state index in [9.17, 15) is 4.39 Å². The van der Waals surface area contributed by atoms with Crippen molar-refractivity contribution < 1.29 is 14.0 Å². The normalized spacial score (nSPS) is 29.5. The minimum absolute atomic E-state index is 0.114. The maximum atomic E-state index is 14.5. The van der Waals surface area contributed by atoms with Gasteiger partial charge in [-0.15, -0.1) is 0 Å². The summed E-state index contributed by atoms with van der Waals surface area (Å²) in [6.07, 6.45) is 8.08. The van der Waals surface area contributed by atoms with Gasteiger partial charge in [-0.1, -0.05) is 23.2 Å². The van der Waals surface area contributed by atoms with Gasteiger partial charge in [-0.3, -0.25) is 10.0 Å². The maximum absolute atomic E-state index is 14.5. The number of rotatable bonds is 4. The van der Waals surface area contributed by atoms with E-state index in [0.717, 1.165) is 32.1 Å². The van der Waals surface area contributed by atoms with Crippen molar-refractivity contribution in [3.05, 3.63) is 29.0 Å². The topological polar surface area (TPSA) is 49.7 Å². The molecule has 1 aromatic carbocycles. The smallest absolute Gasteiger partial charge is 0.149 e. The van der Waals surface area contributed by atoms with Gasteiger partial charge in [-0.2, -0.15) is 5.01 Å². The van der Waals surface area contributed by atoms with Gasteiger partial charge in [0.2, 0.25) is 0 Å². The Morgan fingerprint density at radius 2 is 2.31 bits per heavy atom. The highest BCUT2D eigenvalue weighted by atomic mass is 35.5. The number of nitrogens with zero attached hydrogens (tertiary/aromatic N) is 4. The molecule has 0 radical (unpaired) electrons. The molecule has 0 amide bonds. The van der Waals surface area contributed by atoms with Crippen LogP contribution in [0.15, 0.2) is 28.3 Å². The Hall–Kier alpha value is -1.70. The van der Waals surface area contributed by atoms with E-state index < -0.39 is 5.82 Å². The first-order chi connectivity index (χ1) is 12.6. The van der Waals surface area contributed by atoms with Crippen LogP contribution in [0.25, 0.3) is 0 Å². The third-order valence-corrected chi connectivity index (χ3v) is 5.75. The molecule has 6 nitrogen and oxygen atoms in total. The summed E-state index contributed by atoms with van der Waals surface area (Å²) in [5.41, 5.74) is 0.0530. The molecule has 4 rings (SSSR count). The first-order valence-electron chi connectivity index (χ1n) is 8.88. The second kappa shape index (κ2) is 7.13. The number of anilines is 1. The van der Waals surface area contributed by atoms with Gasteiger partial charge in [0.15, 0.2) is 0 Å². The fourth-order valence-corrected chi connectivity index (χ4v) is 4.43. The maximum Gasteiger partial charge on any atom is 0.149 e. The van der Waals surface area contributed by atoms with Crippen LogP contribution < -0.4 is 5.01 Å². The van der Waals surface area contributed by atoms with E-state index in [4.69, 9.17) is 21.2 Å². The first-order valence-corrected chi connectivity index (χ1v) is 9.26. The van der Waals surface area contributed by atoms with Gasteiger partial charge in [-0.25, -0.2) is 4.39 Å². The van der Waals surface area contributed by atoms with Crippen LogP contribution in [0.5, 0.6) is 0 Å². The van der Waals surface area contributed by atoms with Crippen LogP contribution in [0.1, 0.15) is 32.1 Å². The average molecular weight is 381 g/mol. The zero-order valence-corrected chi connectivity index (χ0v) is 15.4. The third kappa shape index (κ3) is 2.98. The number of hydrogen-bond donors (Lipinski definition) is 0. The second-order valence-electron chi connectivity index (χ2n) is 6.95. The highest BCUT2D eigenvalue weighted by molar-refractivity contribution is 6.30. The molecule has 0 aromatic heterocycles. The van der Waals surface area contributed by atoms with E-state index in [-0.39, 0.29) is 17.7 Å². The van der Waals surface area contributed by atoms with Crippen molar-refractivity contribution in [1.29, 1.82) is 0 Å². The first kappa shape index (κ1) is 17.7. The summed E-state index contributed by atoms with van der Waals surface area (Å²) < 4.78 is 20.4. The molecule has 8 heteroatoms. The summed E-state index contributed by atoms with van der Waals surface area (Å²) in [7, 11) is 1.68. The van der Waals surface area contributed by atoms with E-state index in [1.54, 1.807) is 30.6 Å². The Morgan fingerprint density at radius 1 is 1.42 bits per heavy atom. The lowest BCUT2D eigenvalue weighted by Gasteiger charge is -2.46. The van der Waals surface area contributed by atoms with Crippen molar-refractivity contribution in [2.24, 2.45) is 16.1 Å². The van der Waals surface area contributed by atoms with Gasteiger partial charge in [0.25, 0.3) is 0 Å². The molecule has 0 N–H and O–H groups in total. The monoisotopic (exact) mass is 380 g/mol. The number of hydrogen-bond acceptors (Lipinski definition) is 6. The fraction of sp³-hybridized carbons (Fsp3) is 0.556. The predicted molar refractivity (Wildman–Crippen MR) is 98.8 cm³/mol. The van der Waals surface area contributed by atoms with Crippen molar-refractivity contribution in [2.75, 3.05) is 18.8 Å². The molecule has 3 aliphatic rings. The van der Waals surface area contributed by atoms with Crippen LogP contribution in [0.3, 0.4) is 0 Å². The van der Waals surface area contributed by atoms with Crippen LogP contribution in [0.4, 0.5) is 10.1 Å². The van der Waals surface area contributed by atoms with Gasteiger partial charge in [-0.05, 0) is 37.5 Å². The molecule has 3 unspecified atom stereocenters. The van der Waals surface area contributed by atoms with E-state index in [1.165, 1.54) is 6.07 Å². The van der Waals surface area contributed by atoms with Gasteiger partial charge >= 0.3 is 0 Å². The third-order valence-electron chi connectivity index (χ3n) is 5.52. The van der Waals surface area contributed by atoms with E-state index >= 15 is 0 Å². The van der Waals surface area contributed by atoms with Crippen molar-refractivity contribution in [3.8, 4) is 0 Å². The van der Waals surface area contributed by atoms with Crippen LogP contribution in [-0.2, 0) is 9.57 Å². The Morgan fingerprint density at radius 3 is 3.04 bits per heavy atom. The number of ether oxygens (including phenoxy) is 1.